The molecule has 14 heavy (non-hydrogen) atoms. The summed E-state index contributed by atoms with van der Waals surface area (Å²) in [5.41, 5.74) is 1.22. The second-order valence-electron chi connectivity index (χ2n) is 4.16. The largest absolute Gasteiger partial charge is 0.0991 e. The van der Waals surface area contributed by atoms with Gasteiger partial charge in [-0.3, -0.25) is 0 Å². The van der Waals surface area contributed by atoms with Crippen molar-refractivity contribution in [3.8, 4) is 0 Å². The lowest BCUT2D eigenvalue weighted by molar-refractivity contribution is 0.454. The van der Waals surface area contributed by atoms with Crippen molar-refractivity contribution in [2.24, 2.45) is 11.8 Å². The molecule has 0 aliphatic rings. The maximum atomic E-state index is 4.06. The Hall–Kier alpha value is -0.780. The fourth-order valence-electron chi connectivity index (χ4n) is 1.28. The zero-order valence-corrected chi connectivity index (χ0v) is 9.92. The summed E-state index contributed by atoms with van der Waals surface area (Å²) in [7, 11) is 0. The van der Waals surface area contributed by atoms with Crippen molar-refractivity contribution < 1.29 is 0 Å². The van der Waals surface area contributed by atoms with Crippen LogP contribution in [0, 0.1) is 11.8 Å². The van der Waals surface area contributed by atoms with Crippen LogP contribution >= 0.6 is 0 Å². The Bertz CT molecular complexity index is 198. The van der Waals surface area contributed by atoms with Crippen LogP contribution in [0.5, 0.6) is 0 Å². The molecule has 0 amide bonds. The van der Waals surface area contributed by atoms with Crippen molar-refractivity contribution >= 4 is 0 Å². The average molecular weight is 192 g/mol. The van der Waals surface area contributed by atoms with Crippen LogP contribution in [-0.2, 0) is 0 Å². The fourth-order valence-corrected chi connectivity index (χ4v) is 1.28. The van der Waals surface area contributed by atoms with Crippen molar-refractivity contribution in [3.05, 3.63) is 37.0 Å². The van der Waals surface area contributed by atoms with Crippen molar-refractivity contribution in [2.45, 2.75) is 40.0 Å². The normalized spacial score (nSPS) is 15.4. The molecule has 0 heterocycles. The van der Waals surface area contributed by atoms with Gasteiger partial charge in [0, 0.05) is 0 Å². The van der Waals surface area contributed by atoms with Gasteiger partial charge in [0.05, 0.1) is 0 Å². The van der Waals surface area contributed by atoms with E-state index in [9.17, 15) is 0 Å². The Kier molecular flexibility index (Phi) is 7.18. The van der Waals surface area contributed by atoms with Crippen molar-refractivity contribution in [3.63, 3.8) is 0 Å². The second-order valence-corrected chi connectivity index (χ2v) is 4.16. The summed E-state index contributed by atoms with van der Waals surface area (Å²) in [4.78, 5) is 0. The third-order valence-corrected chi connectivity index (χ3v) is 2.87. The molecule has 0 aromatic rings. The Morgan fingerprint density at radius 3 is 2.43 bits per heavy atom. The molecule has 0 heteroatoms. The van der Waals surface area contributed by atoms with Gasteiger partial charge in [0.2, 0.25) is 0 Å². The van der Waals surface area contributed by atoms with E-state index < -0.39 is 0 Å². The van der Waals surface area contributed by atoms with Gasteiger partial charge in [-0.15, -0.1) is 0 Å². The fraction of sp³-hybridized carbons (Fsp3) is 0.571. The van der Waals surface area contributed by atoms with Gasteiger partial charge in [-0.05, 0) is 18.3 Å². The minimum atomic E-state index is 0.597. The zero-order valence-electron chi connectivity index (χ0n) is 9.92. The highest BCUT2D eigenvalue weighted by atomic mass is 14.1. The molecular formula is C14H24. The third-order valence-electron chi connectivity index (χ3n) is 2.87. The molecule has 0 bridgehead atoms. The van der Waals surface area contributed by atoms with E-state index in [-0.39, 0.29) is 0 Å². The SMILES string of the molecule is C=C/C=C\C(=C)C(C)CCC(C)CC. The van der Waals surface area contributed by atoms with Crippen LogP contribution in [0.1, 0.15) is 40.0 Å². The first-order valence-corrected chi connectivity index (χ1v) is 5.59. The van der Waals surface area contributed by atoms with Gasteiger partial charge in [0.25, 0.3) is 0 Å². The van der Waals surface area contributed by atoms with E-state index in [0.29, 0.717) is 5.92 Å². The van der Waals surface area contributed by atoms with Gasteiger partial charge in [0.1, 0.15) is 0 Å². The third kappa shape index (κ3) is 5.80. The molecular weight excluding hydrogens is 168 g/mol. The predicted molar refractivity (Wildman–Crippen MR) is 66.3 cm³/mol. The molecule has 0 saturated carbocycles. The van der Waals surface area contributed by atoms with E-state index in [4.69, 9.17) is 0 Å². The lowest BCUT2D eigenvalue weighted by atomic mass is 9.92. The van der Waals surface area contributed by atoms with E-state index in [1.165, 1.54) is 24.8 Å². The van der Waals surface area contributed by atoms with E-state index in [0.717, 1.165) is 5.92 Å². The Morgan fingerprint density at radius 2 is 1.93 bits per heavy atom. The van der Waals surface area contributed by atoms with Crippen LogP contribution in [0.2, 0.25) is 0 Å². The summed E-state index contributed by atoms with van der Waals surface area (Å²) in [6.45, 7) is 14.5. The molecule has 0 aliphatic carbocycles. The Morgan fingerprint density at radius 1 is 1.29 bits per heavy atom. The molecule has 0 N–H and O–H groups in total. The molecule has 80 valence electrons. The van der Waals surface area contributed by atoms with Gasteiger partial charge in [-0.1, -0.05) is 70.6 Å². The molecule has 2 unspecified atom stereocenters. The topological polar surface area (TPSA) is 0 Å². The van der Waals surface area contributed by atoms with Crippen LogP contribution in [0.3, 0.4) is 0 Å². The minimum absolute atomic E-state index is 0.597. The van der Waals surface area contributed by atoms with Gasteiger partial charge in [-0.25, -0.2) is 0 Å². The van der Waals surface area contributed by atoms with Crippen molar-refractivity contribution in [1.82, 2.24) is 0 Å². The minimum Gasteiger partial charge on any atom is -0.0991 e. The number of allylic oxidation sites excluding steroid dienone is 4. The summed E-state index contributed by atoms with van der Waals surface area (Å²) >= 11 is 0. The molecule has 0 spiro atoms. The summed E-state index contributed by atoms with van der Waals surface area (Å²) in [5, 5.41) is 0. The molecule has 0 aromatic carbocycles. The summed E-state index contributed by atoms with van der Waals surface area (Å²) in [6.07, 6.45) is 9.65. The highest BCUT2D eigenvalue weighted by molar-refractivity contribution is 5.20. The predicted octanol–water partition coefficient (Wildman–Crippen LogP) is 4.75. The maximum absolute atomic E-state index is 4.06. The molecule has 0 saturated heterocycles. The van der Waals surface area contributed by atoms with E-state index in [1.807, 2.05) is 6.08 Å². The standard InChI is InChI=1S/C14H24/c1-6-8-9-13(4)14(5)11-10-12(3)7-2/h6,8-9,12,14H,1,4,7,10-11H2,2-3,5H3/b9-8-. The van der Waals surface area contributed by atoms with Gasteiger partial charge in [0.15, 0.2) is 0 Å². The van der Waals surface area contributed by atoms with Crippen LogP contribution < -0.4 is 0 Å². The first kappa shape index (κ1) is 13.2. The molecule has 0 fully saturated rings. The smallest absolute Gasteiger partial charge is 0.0196 e. The highest BCUT2D eigenvalue weighted by Crippen LogP contribution is 2.20. The van der Waals surface area contributed by atoms with Crippen LogP contribution in [0.15, 0.2) is 37.0 Å². The lowest BCUT2D eigenvalue weighted by Gasteiger charge is -2.14. The molecule has 2 atom stereocenters. The van der Waals surface area contributed by atoms with Crippen molar-refractivity contribution in [1.29, 1.82) is 0 Å². The highest BCUT2D eigenvalue weighted by Gasteiger charge is 2.06. The Labute approximate surface area is 89.4 Å². The van der Waals surface area contributed by atoms with E-state index >= 15 is 0 Å². The average Bonchev–Trinajstić information content (AvgIpc) is 2.21. The lowest BCUT2D eigenvalue weighted by Crippen LogP contribution is -2.00. The number of hydrogen-bond donors (Lipinski definition) is 0. The first-order chi connectivity index (χ1) is 6.61. The molecule has 0 radical (unpaired) electrons. The van der Waals surface area contributed by atoms with Crippen LogP contribution in [0.25, 0.3) is 0 Å². The van der Waals surface area contributed by atoms with Gasteiger partial charge < -0.3 is 0 Å². The summed E-state index contributed by atoms with van der Waals surface area (Å²) in [5.74, 6) is 1.44. The summed E-state index contributed by atoms with van der Waals surface area (Å²) < 4.78 is 0. The van der Waals surface area contributed by atoms with Gasteiger partial charge >= 0.3 is 0 Å². The van der Waals surface area contributed by atoms with Crippen molar-refractivity contribution in [2.75, 3.05) is 0 Å². The maximum Gasteiger partial charge on any atom is -0.0196 e. The van der Waals surface area contributed by atoms with E-state index in [2.05, 4.69) is 40.0 Å². The van der Waals surface area contributed by atoms with E-state index in [1.54, 1.807) is 6.08 Å². The van der Waals surface area contributed by atoms with Crippen LogP contribution in [0.4, 0.5) is 0 Å². The quantitative estimate of drug-likeness (QED) is 0.511. The second kappa shape index (κ2) is 7.61. The molecule has 0 rings (SSSR count). The molecule has 0 aromatic heterocycles. The zero-order chi connectivity index (χ0) is 11.0. The Balaban J connectivity index is 3.83. The van der Waals surface area contributed by atoms with Gasteiger partial charge in [-0.2, -0.15) is 0 Å². The monoisotopic (exact) mass is 192 g/mol. The number of rotatable bonds is 7. The van der Waals surface area contributed by atoms with Crippen LogP contribution in [-0.4, -0.2) is 0 Å². The first-order valence-electron chi connectivity index (χ1n) is 5.59. The number of hydrogen-bond acceptors (Lipinski definition) is 0. The molecule has 0 aliphatic heterocycles. The molecule has 0 nitrogen and oxygen atoms in total. The summed E-state index contributed by atoms with van der Waals surface area (Å²) in [6, 6.07) is 0.